The molecule has 0 bridgehead atoms. The van der Waals surface area contributed by atoms with Crippen LogP contribution in [0.1, 0.15) is 32.6 Å². The van der Waals surface area contributed by atoms with E-state index in [4.69, 9.17) is 0 Å². The van der Waals surface area contributed by atoms with Crippen LogP contribution >= 0.6 is 0 Å². The van der Waals surface area contributed by atoms with Crippen molar-refractivity contribution in [2.24, 2.45) is 0 Å². The lowest BCUT2D eigenvalue weighted by molar-refractivity contribution is -0.173. The van der Waals surface area contributed by atoms with Crippen LogP contribution in [0.5, 0.6) is 0 Å². The smallest absolute Gasteiger partial charge is 0.161 e. The predicted octanol–water partition coefficient (Wildman–Crippen LogP) is -0.398. The van der Waals surface area contributed by atoms with E-state index in [-0.39, 0.29) is 6.42 Å². The fourth-order valence-corrected chi connectivity index (χ4v) is 1.83. The molecule has 1 fully saturated rings. The van der Waals surface area contributed by atoms with E-state index in [1.54, 1.807) is 0 Å². The summed E-state index contributed by atoms with van der Waals surface area (Å²) in [4.78, 5) is 10.9. The Labute approximate surface area is 77.2 Å². The third kappa shape index (κ3) is 1.90. The molecular formula is C9H16O4. The van der Waals surface area contributed by atoms with Crippen LogP contribution in [0.2, 0.25) is 0 Å². The minimum Gasteiger partial charge on any atom is -0.390 e. The lowest BCUT2D eigenvalue weighted by Gasteiger charge is -2.39. The fraction of sp³-hybridized carbons (Fsp3) is 0.889. The van der Waals surface area contributed by atoms with Crippen molar-refractivity contribution in [1.82, 2.24) is 0 Å². The third-order valence-electron chi connectivity index (χ3n) is 2.74. The van der Waals surface area contributed by atoms with Gasteiger partial charge in [0, 0.05) is 0 Å². The lowest BCUT2D eigenvalue weighted by Crippen LogP contribution is -2.56. The number of aliphatic hydroxyl groups is 3. The van der Waals surface area contributed by atoms with Gasteiger partial charge in [-0.25, -0.2) is 0 Å². The first-order valence-corrected chi connectivity index (χ1v) is 4.57. The van der Waals surface area contributed by atoms with Crippen molar-refractivity contribution in [3.63, 3.8) is 0 Å². The monoisotopic (exact) mass is 188 g/mol. The van der Waals surface area contributed by atoms with Gasteiger partial charge in [-0.05, 0) is 19.8 Å². The Morgan fingerprint density at radius 2 is 2.15 bits per heavy atom. The summed E-state index contributed by atoms with van der Waals surface area (Å²) in [6.07, 6.45) is -0.148. The maximum Gasteiger partial charge on any atom is 0.161 e. The second kappa shape index (κ2) is 3.74. The Morgan fingerprint density at radius 1 is 1.54 bits per heavy atom. The molecule has 0 aromatic carbocycles. The van der Waals surface area contributed by atoms with Crippen LogP contribution in [0, 0.1) is 0 Å². The van der Waals surface area contributed by atoms with E-state index < -0.39 is 23.6 Å². The van der Waals surface area contributed by atoms with Crippen LogP contribution in [0.25, 0.3) is 0 Å². The number of carbonyl (C=O) groups is 1. The van der Waals surface area contributed by atoms with Crippen LogP contribution in [0.3, 0.4) is 0 Å². The number of Topliss-reactive ketones (excluding diaryl/α,β-unsaturated/α-hetero) is 1. The summed E-state index contributed by atoms with van der Waals surface area (Å²) in [6, 6.07) is 0. The van der Waals surface area contributed by atoms with Crippen LogP contribution in [-0.2, 0) is 4.79 Å². The number of hydrogen-bond acceptors (Lipinski definition) is 4. The molecule has 1 aliphatic carbocycles. The van der Waals surface area contributed by atoms with Gasteiger partial charge in [0.05, 0.1) is 6.10 Å². The van der Waals surface area contributed by atoms with Gasteiger partial charge in [-0.1, -0.05) is 12.8 Å². The maximum atomic E-state index is 10.9. The quantitative estimate of drug-likeness (QED) is 0.551. The Balaban J connectivity index is 2.77. The number of carbonyl (C=O) groups excluding carboxylic acids is 1. The molecule has 1 aliphatic rings. The van der Waals surface area contributed by atoms with Crippen molar-refractivity contribution >= 4 is 5.78 Å². The Morgan fingerprint density at radius 3 is 2.62 bits per heavy atom. The van der Waals surface area contributed by atoms with Gasteiger partial charge in [0.15, 0.2) is 5.78 Å². The summed E-state index contributed by atoms with van der Waals surface area (Å²) < 4.78 is 0. The fourth-order valence-electron chi connectivity index (χ4n) is 1.83. The van der Waals surface area contributed by atoms with Gasteiger partial charge in [0.2, 0.25) is 0 Å². The highest BCUT2D eigenvalue weighted by Crippen LogP contribution is 2.31. The summed E-state index contributed by atoms with van der Waals surface area (Å²) in [5.74, 6) is -0.497. The molecule has 4 heteroatoms. The average molecular weight is 188 g/mol. The average Bonchev–Trinajstić information content (AvgIpc) is 2.09. The molecule has 4 nitrogen and oxygen atoms in total. The third-order valence-corrected chi connectivity index (χ3v) is 2.74. The molecule has 0 aromatic heterocycles. The van der Waals surface area contributed by atoms with Crippen LogP contribution in [-0.4, -0.2) is 38.9 Å². The second-order valence-corrected chi connectivity index (χ2v) is 3.77. The molecule has 1 rings (SSSR count). The predicted molar refractivity (Wildman–Crippen MR) is 46.1 cm³/mol. The molecule has 76 valence electrons. The van der Waals surface area contributed by atoms with Crippen molar-refractivity contribution in [2.45, 2.75) is 50.4 Å². The van der Waals surface area contributed by atoms with Crippen LogP contribution < -0.4 is 0 Å². The molecule has 3 N–H and O–H groups in total. The number of rotatable bonds is 2. The zero-order valence-electron chi connectivity index (χ0n) is 7.73. The minimum absolute atomic E-state index is 0.287. The molecule has 1 saturated carbocycles. The lowest BCUT2D eigenvalue weighted by atomic mass is 9.77. The first kappa shape index (κ1) is 10.6. The van der Waals surface area contributed by atoms with Crippen molar-refractivity contribution in [2.75, 3.05) is 0 Å². The second-order valence-electron chi connectivity index (χ2n) is 3.77. The van der Waals surface area contributed by atoms with Crippen molar-refractivity contribution < 1.29 is 20.1 Å². The van der Waals surface area contributed by atoms with E-state index in [0.29, 0.717) is 6.42 Å². The van der Waals surface area contributed by atoms with E-state index in [2.05, 4.69) is 0 Å². The zero-order valence-corrected chi connectivity index (χ0v) is 7.73. The summed E-state index contributed by atoms with van der Waals surface area (Å²) in [7, 11) is 0. The highest BCUT2D eigenvalue weighted by Gasteiger charge is 2.45. The van der Waals surface area contributed by atoms with Gasteiger partial charge in [0.1, 0.15) is 11.7 Å². The van der Waals surface area contributed by atoms with Crippen LogP contribution in [0.15, 0.2) is 0 Å². The van der Waals surface area contributed by atoms with Gasteiger partial charge in [-0.3, -0.25) is 4.79 Å². The number of aliphatic hydroxyl groups excluding tert-OH is 2. The molecule has 3 atom stereocenters. The van der Waals surface area contributed by atoms with Gasteiger partial charge < -0.3 is 15.3 Å². The molecule has 0 spiro atoms. The van der Waals surface area contributed by atoms with E-state index in [1.165, 1.54) is 6.92 Å². The van der Waals surface area contributed by atoms with E-state index in [1.807, 2.05) is 0 Å². The van der Waals surface area contributed by atoms with E-state index in [9.17, 15) is 20.1 Å². The first-order chi connectivity index (χ1) is 5.98. The summed E-state index contributed by atoms with van der Waals surface area (Å²) in [5.41, 5.74) is -1.62. The number of hydrogen-bond donors (Lipinski definition) is 3. The summed E-state index contributed by atoms with van der Waals surface area (Å²) in [5, 5.41) is 28.8. The normalized spacial score (nSPS) is 37.1. The van der Waals surface area contributed by atoms with Gasteiger partial charge >= 0.3 is 0 Å². The van der Waals surface area contributed by atoms with E-state index >= 15 is 0 Å². The SMILES string of the molecule is CC(=O)C(O)C1(O)CCCCC1O. The van der Waals surface area contributed by atoms with Crippen molar-refractivity contribution in [1.29, 1.82) is 0 Å². The molecule has 13 heavy (non-hydrogen) atoms. The molecule has 0 aromatic rings. The van der Waals surface area contributed by atoms with Gasteiger partial charge in [0.25, 0.3) is 0 Å². The Hall–Kier alpha value is -0.450. The zero-order chi connectivity index (χ0) is 10.1. The summed E-state index contributed by atoms with van der Waals surface area (Å²) in [6.45, 7) is 1.21. The molecule has 0 amide bonds. The Kier molecular flexibility index (Phi) is 3.05. The highest BCUT2D eigenvalue weighted by atomic mass is 16.4. The topological polar surface area (TPSA) is 77.8 Å². The Bertz CT molecular complexity index is 204. The molecule has 0 heterocycles. The first-order valence-electron chi connectivity index (χ1n) is 4.57. The van der Waals surface area contributed by atoms with Crippen molar-refractivity contribution in [3.8, 4) is 0 Å². The van der Waals surface area contributed by atoms with Crippen LogP contribution in [0.4, 0.5) is 0 Å². The molecule has 0 saturated heterocycles. The largest absolute Gasteiger partial charge is 0.390 e. The summed E-state index contributed by atoms with van der Waals surface area (Å²) >= 11 is 0. The minimum atomic E-state index is -1.62. The molecular weight excluding hydrogens is 172 g/mol. The molecule has 0 radical (unpaired) electrons. The number of ketones is 1. The maximum absolute atomic E-state index is 10.9. The van der Waals surface area contributed by atoms with Gasteiger partial charge in [-0.2, -0.15) is 0 Å². The highest BCUT2D eigenvalue weighted by molar-refractivity contribution is 5.81. The molecule has 3 unspecified atom stereocenters. The standard InChI is InChI=1S/C9H16O4/c1-6(10)8(12)9(13)5-3-2-4-7(9)11/h7-8,11-13H,2-5H2,1H3. The molecule has 0 aliphatic heterocycles. The van der Waals surface area contributed by atoms with Crippen molar-refractivity contribution in [3.05, 3.63) is 0 Å². The van der Waals surface area contributed by atoms with Gasteiger partial charge in [-0.15, -0.1) is 0 Å². The van der Waals surface area contributed by atoms with E-state index in [0.717, 1.165) is 12.8 Å².